The predicted molar refractivity (Wildman–Crippen MR) is 61.1 cm³/mol. The Morgan fingerprint density at radius 3 is 1.67 bits per heavy atom. The Hall–Kier alpha value is -0.410. The first-order valence-corrected chi connectivity index (χ1v) is 5.98. The molecule has 0 spiro atoms. The number of carbonyl (C=O) groups is 1. The van der Waals surface area contributed by atoms with Gasteiger partial charge in [-0.3, -0.25) is 4.79 Å². The van der Waals surface area contributed by atoms with Gasteiger partial charge in [-0.25, -0.2) is 0 Å². The third kappa shape index (κ3) is 11.5. The van der Waals surface area contributed by atoms with Crippen LogP contribution in [0.5, 0.6) is 0 Å². The van der Waals surface area contributed by atoms with Crippen LogP contribution in [-0.4, -0.2) is 32.2 Å². The molecule has 15 heavy (non-hydrogen) atoms. The third-order valence-corrected chi connectivity index (χ3v) is 2.19. The number of Topliss-reactive ketones (excluding diaryl/α,β-unsaturated/α-hetero) is 1. The van der Waals surface area contributed by atoms with Gasteiger partial charge in [0.05, 0.1) is 13.2 Å². The average molecular weight is 216 g/mol. The maximum atomic E-state index is 10.5. The largest absolute Gasteiger partial charge is 0.379 e. The Labute approximate surface area is 93.1 Å². The molecule has 0 saturated heterocycles. The normalized spacial score (nSPS) is 15.7. The van der Waals surface area contributed by atoms with Gasteiger partial charge in [-0.15, -0.1) is 0 Å². The van der Waals surface area contributed by atoms with E-state index >= 15 is 0 Å². The van der Waals surface area contributed by atoms with E-state index in [0.717, 1.165) is 52.1 Å². The van der Waals surface area contributed by atoms with Gasteiger partial charge in [0.2, 0.25) is 0 Å². The summed E-state index contributed by atoms with van der Waals surface area (Å²) in [5.41, 5.74) is 0. The number of ether oxygens (including phenoxy) is 2. The van der Waals surface area contributed by atoms with Crippen molar-refractivity contribution in [2.24, 2.45) is 0 Å². The molecule has 0 aliphatic heterocycles. The molecule has 0 aromatic carbocycles. The summed E-state index contributed by atoms with van der Waals surface area (Å²) in [6.45, 7) is 6.98. The minimum atomic E-state index is 0.464. The highest BCUT2D eigenvalue weighted by Crippen LogP contribution is 2.12. The lowest BCUT2D eigenvalue weighted by Gasteiger charge is -2.05. The Balaban J connectivity index is 0.000000262. The van der Waals surface area contributed by atoms with Gasteiger partial charge in [-0.1, -0.05) is 6.42 Å². The highest BCUT2D eigenvalue weighted by molar-refractivity contribution is 5.78. The molecule has 1 aliphatic carbocycles. The van der Waals surface area contributed by atoms with E-state index in [9.17, 15) is 4.79 Å². The summed E-state index contributed by atoms with van der Waals surface area (Å²) in [5.74, 6) is 0.464. The minimum Gasteiger partial charge on any atom is -0.379 e. The van der Waals surface area contributed by atoms with Gasteiger partial charge < -0.3 is 9.47 Å². The third-order valence-electron chi connectivity index (χ3n) is 2.19. The van der Waals surface area contributed by atoms with Gasteiger partial charge in [0.25, 0.3) is 0 Å². The maximum absolute atomic E-state index is 10.5. The van der Waals surface area contributed by atoms with Crippen LogP contribution in [0.2, 0.25) is 0 Å². The molecule has 1 aliphatic rings. The van der Waals surface area contributed by atoms with Crippen LogP contribution >= 0.6 is 0 Å². The van der Waals surface area contributed by atoms with E-state index in [0.29, 0.717) is 5.78 Å². The lowest BCUT2D eigenvalue weighted by Crippen LogP contribution is -2.02. The number of carbonyl (C=O) groups excluding carboxylic acids is 1. The van der Waals surface area contributed by atoms with Gasteiger partial charge in [0, 0.05) is 26.1 Å². The minimum absolute atomic E-state index is 0.464. The van der Waals surface area contributed by atoms with Crippen LogP contribution in [0.3, 0.4) is 0 Å². The van der Waals surface area contributed by atoms with Crippen molar-refractivity contribution < 1.29 is 14.3 Å². The van der Waals surface area contributed by atoms with Crippen LogP contribution in [0.4, 0.5) is 0 Å². The Bertz CT molecular complexity index is 132. The van der Waals surface area contributed by atoms with E-state index in [1.165, 1.54) is 6.42 Å². The van der Waals surface area contributed by atoms with Crippen molar-refractivity contribution in [3.8, 4) is 0 Å². The second kappa shape index (κ2) is 11.7. The summed E-state index contributed by atoms with van der Waals surface area (Å²) >= 11 is 0. The molecule has 0 amide bonds. The van der Waals surface area contributed by atoms with Gasteiger partial charge in [-0.05, 0) is 26.7 Å². The second-order valence-corrected chi connectivity index (χ2v) is 3.49. The first-order valence-electron chi connectivity index (χ1n) is 5.98. The number of ketones is 1. The molecular formula is C12H24O3. The monoisotopic (exact) mass is 216 g/mol. The summed E-state index contributed by atoms with van der Waals surface area (Å²) in [6.07, 6.45) is 5.24. The number of rotatable bonds is 5. The summed E-state index contributed by atoms with van der Waals surface area (Å²) in [5, 5.41) is 0. The topological polar surface area (TPSA) is 35.5 Å². The van der Waals surface area contributed by atoms with Gasteiger partial charge in [0.1, 0.15) is 5.78 Å². The quantitative estimate of drug-likeness (QED) is 0.663. The summed E-state index contributed by atoms with van der Waals surface area (Å²) in [6, 6.07) is 0. The van der Waals surface area contributed by atoms with Crippen LogP contribution in [0.25, 0.3) is 0 Å². The van der Waals surface area contributed by atoms with Crippen molar-refractivity contribution in [2.45, 2.75) is 46.0 Å². The lowest BCUT2D eigenvalue weighted by atomic mass is 10.00. The van der Waals surface area contributed by atoms with Crippen molar-refractivity contribution in [1.29, 1.82) is 0 Å². The van der Waals surface area contributed by atoms with Crippen molar-refractivity contribution >= 4 is 5.78 Å². The van der Waals surface area contributed by atoms with Crippen LogP contribution in [0.15, 0.2) is 0 Å². The van der Waals surface area contributed by atoms with E-state index in [1.54, 1.807) is 0 Å². The molecular weight excluding hydrogens is 192 g/mol. The van der Waals surface area contributed by atoms with Crippen LogP contribution < -0.4 is 0 Å². The van der Waals surface area contributed by atoms with Crippen molar-refractivity contribution in [2.75, 3.05) is 26.4 Å². The Kier molecular flexibility index (Phi) is 11.3. The van der Waals surface area contributed by atoms with Crippen molar-refractivity contribution in [3.63, 3.8) is 0 Å². The highest BCUT2D eigenvalue weighted by atomic mass is 16.5. The molecule has 90 valence electrons. The predicted octanol–water partition coefficient (Wildman–Crippen LogP) is 2.58. The van der Waals surface area contributed by atoms with Crippen molar-refractivity contribution in [3.05, 3.63) is 0 Å². The van der Waals surface area contributed by atoms with E-state index in [1.807, 2.05) is 13.8 Å². The Morgan fingerprint density at radius 2 is 1.40 bits per heavy atom. The molecule has 0 radical (unpaired) electrons. The first kappa shape index (κ1) is 14.6. The molecule has 0 atom stereocenters. The average Bonchev–Trinajstić information content (AvgIpc) is 2.27. The fourth-order valence-electron chi connectivity index (χ4n) is 1.35. The van der Waals surface area contributed by atoms with Crippen LogP contribution in [0, 0.1) is 0 Å². The molecule has 0 unspecified atom stereocenters. The fraction of sp³-hybridized carbons (Fsp3) is 0.917. The zero-order valence-corrected chi connectivity index (χ0v) is 10.1. The van der Waals surface area contributed by atoms with Gasteiger partial charge in [-0.2, -0.15) is 0 Å². The van der Waals surface area contributed by atoms with Crippen LogP contribution in [-0.2, 0) is 14.3 Å². The van der Waals surface area contributed by atoms with Gasteiger partial charge in [0.15, 0.2) is 0 Å². The molecule has 1 fully saturated rings. The summed E-state index contributed by atoms with van der Waals surface area (Å²) in [4.78, 5) is 10.5. The molecule has 0 aromatic heterocycles. The first-order chi connectivity index (χ1) is 7.31. The number of hydrogen-bond acceptors (Lipinski definition) is 3. The smallest absolute Gasteiger partial charge is 0.132 e. The molecule has 0 N–H and O–H groups in total. The van der Waals surface area contributed by atoms with Crippen molar-refractivity contribution in [1.82, 2.24) is 0 Å². The maximum Gasteiger partial charge on any atom is 0.132 e. The molecule has 1 saturated carbocycles. The molecule has 0 bridgehead atoms. The number of hydrogen-bond donors (Lipinski definition) is 0. The SMILES string of the molecule is CCOCCOCC.O=C1CCCCC1. The van der Waals surface area contributed by atoms with Gasteiger partial charge >= 0.3 is 0 Å². The second-order valence-electron chi connectivity index (χ2n) is 3.49. The fourth-order valence-corrected chi connectivity index (χ4v) is 1.35. The van der Waals surface area contributed by atoms with E-state index in [2.05, 4.69) is 0 Å². The van der Waals surface area contributed by atoms with E-state index in [-0.39, 0.29) is 0 Å². The van der Waals surface area contributed by atoms with Crippen LogP contribution in [0.1, 0.15) is 46.0 Å². The lowest BCUT2D eigenvalue weighted by molar-refractivity contribution is -0.120. The zero-order chi connectivity index (χ0) is 11.4. The highest BCUT2D eigenvalue weighted by Gasteiger charge is 2.05. The molecule has 1 rings (SSSR count). The molecule has 3 heteroatoms. The molecule has 0 heterocycles. The Morgan fingerprint density at radius 1 is 0.933 bits per heavy atom. The summed E-state index contributed by atoms with van der Waals surface area (Å²) in [7, 11) is 0. The van der Waals surface area contributed by atoms with E-state index < -0.39 is 0 Å². The summed E-state index contributed by atoms with van der Waals surface area (Å²) < 4.78 is 10.0. The molecule has 0 aromatic rings. The van der Waals surface area contributed by atoms with E-state index in [4.69, 9.17) is 9.47 Å². The zero-order valence-electron chi connectivity index (χ0n) is 10.1. The standard InChI is InChI=1S/C6H14O2.C6H10O/c1-3-7-5-6-8-4-2;7-6-4-2-1-3-5-6/h3-6H2,1-2H3;1-5H2. The molecule has 3 nitrogen and oxygen atoms in total.